The molecule has 12 aromatic rings. The maximum atomic E-state index is 2.38. The topological polar surface area (TPSA) is 0 Å². The Morgan fingerprint density at radius 3 is 0.607 bits per heavy atom. The Labute approximate surface area is 324 Å². The zero-order chi connectivity index (χ0) is 36.7. The van der Waals surface area contributed by atoms with Crippen LogP contribution in [0.25, 0.3) is 120 Å². The first-order valence-electron chi connectivity index (χ1n) is 19.5. The monoisotopic (exact) mass is 706 g/mol. The van der Waals surface area contributed by atoms with Crippen LogP contribution in [0.2, 0.25) is 0 Å². The van der Waals surface area contributed by atoms with Crippen molar-refractivity contribution < 1.29 is 0 Å². The number of rotatable bonds is 3. The van der Waals surface area contributed by atoms with E-state index in [0.717, 1.165) is 0 Å². The van der Waals surface area contributed by atoms with Gasteiger partial charge in [0.1, 0.15) is 0 Å². The van der Waals surface area contributed by atoms with Crippen molar-refractivity contribution in [3.05, 3.63) is 206 Å². The molecule has 0 radical (unpaired) electrons. The van der Waals surface area contributed by atoms with Crippen molar-refractivity contribution >= 4 is 86.2 Å². The molecular formula is C56H34. The molecule has 0 amide bonds. The third-order valence-corrected chi connectivity index (χ3v) is 12.2. The molecule has 0 N–H and O–H groups in total. The van der Waals surface area contributed by atoms with Crippen LogP contribution in [0.4, 0.5) is 0 Å². The third-order valence-electron chi connectivity index (χ3n) is 12.2. The molecule has 0 atom stereocenters. The molecule has 0 aromatic heterocycles. The van der Waals surface area contributed by atoms with E-state index in [-0.39, 0.29) is 0 Å². The summed E-state index contributed by atoms with van der Waals surface area (Å²) in [5.74, 6) is 0. The zero-order valence-electron chi connectivity index (χ0n) is 30.6. The molecule has 0 saturated heterocycles. The Bertz CT molecular complexity index is 3280. The van der Waals surface area contributed by atoms with E-state index in [9.17, 15) is 0 Å². The lowest BCUT2D eigenvalue weighted by molar-refractivity contribution is 1.65. The first-order chi connectivity index (χ1) is 27.7. The van der Waals surface area contributed by atoms with Crippen LogP contribution in [-0.4, -0.2) is 0 Å². The van der Waals surface area contributed by atoms with Gasteiger partial charge >= 0.3 is 0 Å². The smallest absolute Gasteiger partial charge is 0.00928 e. The maximum absolute atomic E-state index is 2.38. The van der Waals surface area contributed by atoms with Crippen LogP contribution >= 0.6 is 0 Å². The first-order valence-corrected chi connectivity index (χ1v) is 19.5. The van der Waals surface area contributed by atoms with Crippen molar-refractivity contribution in [1.82, 2.24) is 0 Å². The Kier molecular flexibility index (Phi) is 6.73. The van der Waals surface area contributed by atoms with Crippen LogP contribution < -0.4 is 0 Å². The van der Waals surface area contributed by atoms with Crippen LogP contribution in [0.1, 0.15) is 0 Å². The van der Waals surface area contributed by atoms with E-state index in [1.807, 2.05) is 0 Å². The van der Waals surface area contributed by atoms with Crippen LogP contribution in [0.15, 0.2) is 206 Å². The molecule has 0 heterocycles. The quantitative estimate of drug-likeness (QED) is 0.160. The lowest BCUT2D eigenvalue weighted by Gasteiger charge is -2.13. The molecule has 0 nitrogen and oxygen atoms in total. The van der Waals surface area contributed by atoms with E-state index >= 15 is 0 Å². The van der Waals surface area contributed by atoms with Gasteiger partial charge in [-0.3, -0.25) is 0 Å². The van der Waals surface area contributed by atoms with Gasteiger partial charge in [-0.25, -0.2) is 0 Å². The summed E-state index contributed by atoms with van der Waals surface area (Å²) in [6, 6.07) is 76.6. The Balaban J connectivity index is 0.884. The van der Waals surface area contributed by atoms with Crippen LogP contribution in [0.5, 0.6) is 0 Å². The van der Waals surface area contributed by atoms with E-state index in [1.165, 1.54) is 120 Å². The fraction of sp³-hybridized carbons (Fsp3) is 0. The molecule has 0 saturated carbocycles. The van der Waals surface area contributed by atoms with E-state index < -0.39 is 0 Å². The number of benzene rings is 12. The van der Waals surface area contributed by atoms with Gasteiger partial charge < -0.3 is 0 Å². The van der Waals surface area contributed by atoms with E-state index in [0.29, 0.717) is 0 Å². The summed E-state index contributed by atoms with van der Waals surface area (Å²) in [5, 5.41) is 20.6. The van der Waals surface area contributed by atoms with Crippen LogP contribution in [-0.2, 0) is 0 Å². The summed E-state index contributed by atoms with van der Waals surface area (Å²) in [6.45, 7) is 0. The lowest BCUT2D eigenvalue weighted by atomic mass is 9.91. The SMILES string of the molecule is c1ccc2c(c1)c1ccccc1c1cc(-c3ccc4cc(-c5ccc6cc(-c7ccc8c9ccccc9c9ccccc9c8c7)ccc6c5)ccc4c3)ccc21. The highest BCUT2D eigenvalue weighted by molar-refractivity contribution is 6.27. The van der Waals surface area contributed by atoms with Crippen LogP contribution in [0.3, 0.4) is 0 Å². The van der Waals surface area contributed by atoms with Crippen molar-refractivity contribution in [2.45, 2.75) is 0 Å². The highest BCUT2D eigenvalue weighted by atomic mass is 14.2. The standard InChI is InChI=1S/C56H34/c1-3-13-49-45(9-1)47-11-5-7-15-51(47)55-33-43(25-27-53(49)55)41-23-21-37-29-35(17-19-39(37)31-41)36-18-20-40-32-42(24-22-38(40)30-36)44-26-28-54-50-14-4-2-10-46(50)48-12-6-8-16-52(48)56(54)34-44/h1-34H. The first kappa shape index (κ1) is 31.1. The van der Waals surface area contributed by atoms with Gasteiger partial charge in [-0.1, -0.05) is 170 Å². The second kappa shape index (κ2) is 12.1. The molecule has 12 rings (SSSR count). The summed E-state index contributed by atoms with van der Waals surface area (Å²) >= 11 is 0. The molecule has 0 bridgehead atoms. The van der Waals surface area contributed by atoms with E-state index in [2.05, 4.69) is 206 Å². The van der Waals surface area contributed by atoms with Gasteiger partial charge in [0.25, 0.3) is 0 Å². The number of hydrogen-bond donors (Lipinski definition) is 0. The minimum atomic E-state index is 1.23. The fourth-order valence-electron chi connectivity index (χ4n) is 9.38. The molecule has 0 unspecified atom stereocenters. The molecule has 12 aromatic carbocycles. The van der Waals surface area contributed by atoms with Crippen molar-refractivity contribution in [1.29, 1.82) is 0 Å². The second-order valence-electron chi connectivity index (χ2n) is 15.3. The van der Waals surface area contributed by atoms with Gasteiger partial charge in [0.05, 0.1) is 0 Å². The minimum Gasteiger partial charge on any atom is -0.0616 e. The molecule has 0 heteroatoms. The minimum absolute atomic E-state index is 1.23. The maximum Gasteiger partial charge on any atom is -0.00928 e. The molecule has 0 aliphatic carbocycles. The van der Waals surface area contributed by atoms with Crippen molar-refractivity contribution in [2.24, 2.45) is 0 Å². The predicted molar refractivity (Wildman–Crippen MR) is 243 cm³/mol. The summed E-state index contributed by atoms with van der Waals surface area (Å²) < 4.78 is 0. The lowest BCUT2D eigenvalue weighted by Crippen LogP contribution is -1.86. The largest absolute Gasteiger partial charge is 0.0616 e. The molecule has 258 valence electrons. The van der Waals surface area contributed by atoms with Crippen molar-refractivity contribution in [3.8, 4) is 33.4 Å². The van der Waals surface area contributed by atoms with Crippen LogP contribution in [0, 0.1) is 0 Å². The molecule has 0 spiro atoms. The van der Waals surface area contributed by atoms with Gasteiger partial charge in [0.2, 0.25) is 0 Å². The fourth-order valence-corrected chi connectivity index (χ4v) is 9.38. The summed E-state index contributed by atoms with van der Waals surface area (Å²) in [5.41, 5.74) is 7.41. The number of fused-ring (bicyclic) bond motifs is 14. The molecular weight excluding hydrogens is 673 g/mol. The van der Waals surface area contributed by atoms with E-state index in [4.69, 9.17) is 0 Å². The molecule has 0 fully saturated rings. The average molecular weight is 707 g/mol. The summed E-state index contributed by atoms with van der Waals surface area (Å²) in [6.07, 6.45) is 0. The second-order valence-corrected chi connectivity index (χ2v) is 15.3. The van der Waals surface area contributed by atoms with Gasteiger partial charge in [0.15, 0.2) is 0 Å². The van der Waals surface area contributed by atoms with E-state index in [1.54, 1.807) is 0 Å². The highest BCUT2D eigenvalue weighted by Crippen LogP contribution is 2.40. The molecule has 0 aliphatic heterocycles. The Hall–Kier alpha value is -7.28. The van der Waals surface area contributed by atoms with Crippen molar-refractivity contribution in [2.75, 3.05) is 0 Å². The molecule has 0 aliphatic rings. The van der Waals surface area contributed by atoms with Gasteiger partial charge in [0, 0.05) is 0 Å². The molecule has 56 heavy (non-hydrogen) atoms. The average Bonchev–Trinajstić information content (AvgIpc) is 3.28. The zero-order valence-corrected chi connectivity index (χ0v) is 30.6. The van der Waals surface area contributed by atoms with Gasteiger partial charge in [-0.2, -0.15) is 0 Å². The predicted octanol–water partition coefficient (Wildman–Crippen LogP) is 15.9. The Morgan fingerprint density at radius 2 is 0.339 bits per heavy atom. The summed E-state index contributed by atoms with van der Waals surface area (Å²) in [7, 11) is 0. The highest BCUT2D eigenvalue weighted by Gasteiger charge is 2.12. The summed E-state index contributed by atoms with van der Waals surface area (Å²) in [4.78, 5) is 0. The number of hydrogen-bond acceptors (Lipinski definition) is 0. The Morgan fingerprint density at radius 1 is 0.143 bits per heavy atom. The van der Waals surface area contributed by atoms with Gasteiger partial charge in [-0.15, -0.1) is 0 Å². The van der Waals surface area contributed by atoms with Gasteiger partial charge in [-0.05, 0) is 156 Å². The normalized spacial score (nSPS) is 11.9. The van der Waals surface area contributed by atoms with Crippen molar-refractivity contribution in [3.63, 3.8) is 0 Å². The third kappa shape index (κ3) is 4.79.